The molecule has 4 aromatic rings. The van der Waals surface area contributed by atoms with Gasteiger partial charge < -0.3 is 0 Å². The number of nitrogens with zero attached hydrogens (tertiary/aromatic N) is 2. The molecule has 0 atom stereocenters. The Morgan fingerprint density at radius 1 is 0.778 bits per heavy atom. The molecule has 0 saturated carbocycles. The van der Waals surface area contributed by atoms with E-state index in [-0.39, 0.29) is 0 Å². The van der Waals surface area contributed by atoms with Crippen LogP contribution in [0.3, 0.4) is 0 Å². The third-order valence-corrected chi connectivity index (χ3v) is 5.13. The fourth-order valence-electron chi connectivity index (χ4n) is 2.85. The summed E-state index contributed by atoms with van der Waals surface area (Å²) in [6.45, 7) is 0. The molecule has 3 aromatic carbocycles. The second kappa shape index (κ2) is 7.82. The molecule has 4 rings (SSSR count). The molecule has 0 fully saturated rings. The Hall–Kier alpha value is -3.48. The van der Waals surface area contributed by atoms with Crippen LogP contribution in [0.5, 0.6) is 0 Å². The van der Waals surface area contributed by atoms with Crippen molar-refractivity contribution in [3.63, 3.8) is 0 Å². The zero-order chi connectivity index (χ0) is 18.5. The molecule has 0 N–H and O–H groups in total. The van der Waals surface area contributed by atoms with E-state index >= 15 is 0 Å². The first-order valence-electron chi connectivity index (χ1n) is 8.62. The summed E-state index contributed by atoms with van der Waals surface area (Å²) in [5.74, 6) is 0. The minimum atomic E-state index is 0.578. The lowest BCUT2D eigenvalue weighted by Crippen LogP contribution is -1.83. The molecule has 0 radical (unpaired) electrons. The summed E-state index contributed by atoms with van der Waals surface area (Å²) in [6, 6.07) is 30.8. The van der Waals surface area contributed by atoms with Gasteiger partial charge in [-0.05, 0) is 22.8 Å². The van der Waals surface area contributed by atoms with Crippen LogP contribution in [0.15, 0.2) is 90.3 Å². The van der Waals surface area contributed by atoms with E-state index in [2.05, 4.69) is 35.3 Å². The Bertz CT molecular complexity index is 1100. The maximum atomic E-state index is 9.60. The third-order valence-electron chi connectivity index (χ3n) is 4.25. The van der Waals surface area contributed by atoms with Crippen molar-refractivity contribution in [3.05, 3.63) is 101 Å². The lowest BCUT2D eigenvalue weighted by Gasteiger charge is -2.02. The molecule has 0 bridgehead atoms. The molecule has 128 valence electrons. The highest BCUT2D eigenvalue weighted by atomic mass is 32.1. The maximum absolute atomic E-state index is 9.60. The number of benzene rings is 3. The summed E-state index contributed by atoms with van der Waals surface area (Å²) < 4.78 is 0. The summed E-state index contributed by atoms with van der Waals surface area (Å²) in [5.41, 5.74) is 5.87. The number of nitriles is 1. The van der Waals surface area contributed by atoms with Crippen LogP contribution in [-0.2, 0) is 0 Å². The van der Waals surface area contributed by atoms with Crippen molar-refractivity contribution in [2.24, 2.45) is 0 Å². The molecule has 3 heteroatoms. The third kappa shape index (κ3) is 3.87. The number of allylic oxidation sites excluding steroid dienone is 1. The van der Waals surface area contributed by atoms with Crippen LogP contribution in [0.1, 0.15) is 10.6 Å². The molecular weight excluding hydrogens is 348 g/mol. The summed E-state index contributed by atoms with van der Waals surface area (Å²) in [7, 11) is 0. The van der Waals surface area contributed by atoms with E-state index in [0.29, 0.717) is 5.57 Å². The molecule has 27 heavy (non-hydrogen) atoms. The molecule has 0 saturated heterocycles. The molecule has 0 amide bonds. The zero-order valence-electron chi connectivity index (χ0n) is 14.5. The van der Waals surface area contributed by atoms with Crippen LogP contribution in [0.25, 0.3) is 34.0 Å². The van der Waals surface area contributed by atoms with Crippen LogP contribution in [-0.4, -0.2) is 4.98 Å². The fourth-order valence-corrected chi connectivity index (χ4v) is 3.64. The van der Waals surface area contributed by atoms with Gasteiger partial charge in [0.2, 0.25) is 0 Å². The summed E-state index contributed by atoms with van der Waals surface area (Å²) in [4.78, 5) is 4.64. The average Bonchev–Trinajstić information content (AvgIpc) is 3.24. The Morgan fingerprint density at radius 2 is 1.37 bits per heavy atom. The first kappa shape index (κ1) is 17.0. The van der Waals surface area contributed by atoms with Gasteiger partial charge in [-0.15, -0.1) is 11.3 Å². The number of thiazole rings is 1. The van der Waals surface area contributed by atoms with Gasteiger partial charge in [-0.1, -0.05) is 84.9 Å². The van der Waals surface area contributed by atoms with Gasteiger partial charge in [0.15, 0.2) is 0 Å². The highest BCUT2D eigenvalue weighted by Crippen LogP contribution is 2.27. The van der Waals surface area contributed by atoms with Gasteiger partial charge in [-0.3, -0.25) is 0 Å². The molecule has 0 aliphatic carbocycles. The Morgan fingerprint density at radius 3 is 2.00 bits per heavy atom. The molecule has 2 nitrogen and oxygen atoms in total. The van der Waals surface area contributed by atoms with Crippen molar-refractivity contribution in [2.45, 2.75) is 0 Å². The van der Waals surface area contributed by atoms with Crippen LogP contribution in [0.2, 0.25) is 0 Å². The lowest BCUT2D eigenvalue weighted by atomic mass is 10.0. The normalized spacial score (nSPS) is 11.1. The number of hydrogen-bond acceptors (Lipinski definition) is 3. The summed E-state index contributed by atoms with van der Waals surface area (Å²) >= 11 is 1.49. The first-order valence-corrected chi connectivity index (χ1v) is 9.50. The number of aromatic nitrogens is 1. The smallest absolute Gasteiger partial charge is 0.134 e. The van der Waals surface area contributed by atoms with Crippen LogP contribution < -0.4 is 0 Å². The van der Waals surface area contributed by atoms with Gasteiger partial charge >= 0.3 is 0 Å². The molecular formula is C24H16N2S. The predicted molar refractivity (Wildman–Crippen MR) is 113 cm³/mol. The van der Waals surface area contributed by atoms with E-state index in [0.717, 1.165) is 27.4 Å². The largest absolute Gasteiger partial charge is 0.235 e. The minimum absolute atomic E-state index is 0.578. The predicted octanol–water partition coefficient (Wildman–Crippen LogP) is 6.54. The lowest BCUT2D eigenvalue weighted by molar-refractivity contribution is 1.37. The highest BCUT2D eigenvalue weighted by molar-refractivity contribution is 7.11. The van der Waals surface area contributed by atoms with Gasteiger partial charge in [0.05, 0.1) is 11.3 Å². The first-order chi connectivity index (χ1) is 13.3. The molecule has 0 unspecified atom stereocenters. The van der Waals surface area contributed by atoms with E-state index in [1.165, 1.54) is 16.9 Å². The van der Waals surface area contributed by atoms with E-state index in [4.69, 9.17) is 0 Å². The van der Waals surface area contributed by atoms with Crippen molar-refractivity contribution < 1.29 is 0 Å². The second-order valence-corrected chi connectivity index (χ2v) is 6.92. The van der Waals surface area contributed by atoms with Gasteiger partial charge in [0.25, 0.3) is 0 Å². The summed E-state index contributed by atoms with van der Waals surface area (Å²) in [6.07, 6.45) is 1.89. The Kier molecular flexibility index (Phi) is 4.91. The fraction of sp³-hybridized carbons (Fsp3) is 0. The van der Waals surface area contributed by atoms with E-state index in [1.54, 1.807) is 0 Å². The number of rotatable bonds is 4. The van der Waals surface area contributed by atoms with E-state index in [1.807, 2.05) is 72.1 Å². The monoisotopic (exact) mass is 364 g/mol. The zero-order valence-corrected chi connectivity index (χ0v) is 15.4. The van der Waals surface area contributed by atoms with Gasteiger partial charge in [0.1, 0.15) is 11.1 Å². The molecule has 0 aliphatic rings. The quantitative estimate of drug-likeness (QED) is 0.385. The minimum Gasteiger partial charge on any atom is -0.235 e. The average molecular weight is 364 g/mol. The number of hydrogen-bond donors (Lipinski definition) is 0. The van der Waals surface area contributed by atoms with Gasteiger partial charge in [-0.2, -0.15) is 5.26 Å². The summed E-state index contributed by atoms with van der Waals surface area (Å²) in [5, 5.41) is 12.3. The second-order valence-electron chi connectivity index (χ2n) is 6.06. The van der Waals surface area contributed by atoms with Crippen molar-refractivity contribution in [1.29, 1.82) is 5.26 Å². The van der Waals surface area contributed by atoms with Crippen molar-refractivity contribution in [1.82, 2.24) is 4.98 Å². The highest BCUT2D eigenvalue weighted by Gasteiger charge is 2.09. The maximum Gasteiger partial charge on any atom is 0.134 e. The molecule has 0 spiro atoms. The van der Waals surface area contributed by atoms with Crippen molar-refractivity contribution in [3.8, 4) is 28.5 Å². The SMILES string of the molecule is N#C/C(=C\c1ccc(-c2ccccc2)cc1)c1nc(-c2ccccc2)cs1. The van der Waals surface area contributed by atoms with Crippen LogP contribution >= 0.6 is 11.3 Å². The van der Waals surface area contributed by atoms with E-state index in [9.17, 15) is 5.26 Å². The van der Waals surface area contributed by atoms with Gasteiger partial charge in [-0.25, -0.2) is 4.98 Å². The molecule has 1 aromatic heterocycles. The van der Waals surface area contributed by atoms with Crippen molar-refractivity contribution in [2.75, 3.05) is 0 Å². The van der Waals surface area contributed by atoms with E-state index < -0.39 is 0 Å². The van der Waals surface area contributed by atoms with Crippen molar-refractivity contribution >= 4 is 23.0 Å². The topological polar surface area (TPSA) is 36.7 Å². The van der Waals surface area contributed by atoms with Crippen LogP contribution in [0.4, 0.5) is 0 Å². The van der Waals surface area contributed by atoms with Crippen LogP contribution in [0, 0.1) is 11.3 Å². The van der Waals surface area contributed by atoms with Gasteiger partial charge in [0, 0.05) is 10.9 Å². The Balaban J connectivity index is 1.61. The molecule has 1 heterocycles. The standard InChI is InChI=1S/C24H16N2S/c25-16-22(24-26-23(17-27-24)21-9-5-2-6-10-21)15-18-11-13-20(14-12-18)19-7-3-1-4-8-19/h1-15,17H/b22-15+. The Labute approximate surface area is 162 Å². The molecule has 0 aliphatic heterocycles.